The number of pyridine rings is 1. The van der Waals surface area contributed by atoms with Crippen molar-refractivity contribution in [2.24, 2.45) is 0 Å². The second-order valence-electron chi connectivity index (χ2n) is 7.92. The molecule has 1 N–H and O–H groups in total. The predicted octanol–water partition coefficient (Wildman–Crippen LogP) is 3.89. The van der Waals surface area contributed by atoms with Crippen molar-refractivity contribution in [2.75, 3.05) is 19.7 Å². The van der Waals surface area contributed by atoms with Crippen LogP contribution >= 0.6 is 15.9 Å². The summed E-state index contributed by atoms with van der Waals surface area (Å²) in [4.78, 5) is 45.8. The van der Waals surface area contributed by atoms with E-state index in [4.69, 9.17) is 4.74 Å². The van der Waals surface area contributed by atoms with Crippen LogP contribution in [-0.4, -0.2) is 63.4 Å². The normalized spacial score (nSPS) is 20.8. The Morgan fingerprint density at radius 3 is 2.48 bits per heavy atom. The summed E-state index contributed by atoms with van der Waals surface area (Å²) in [6.45, 7) is 2.88. The number of hydrogen-bond donors (Lipinski definition) is 1. The number of piperidine rings is 1. The molecule has 1 aromatic heterocycles. The van der Waals surface area contributed by atoms with Crippen molar-refractivity contribution in [3.8, 4) is 0 Å². The maximum Gasteiger partial charge on any atom is 0.409 e. The Hall–Kier alpha value is -3.20. The zero-order valence-electron chi connectivity index (χ0n) is 18.1. The molecule has 2 aliphatic rings. The summed E-state index contributed by atoms with van der Waals surface area (Å²) >= 11 is 3.36. The Balaban J connectivity index is 1.71. The van der Waals surface area contributed by atoms with Crippen molar-refractivity contribution in [2.45, 2.75) is 31.8 Å². The molecule has 2 aliphatic heterocycles. The second-order valence-corrected chi connectivity index (χ2v) is 8.83. The van der Waals surface area contributed by atoms with Gasteiger partial charge in [-0.3, -0.25) is 14.6 Å². The summed E-state index contributed by atoms with van der Waals surface area (Å²) in [5.41, 5.74) is 1.13. The molecule has 172 valence electrons. The number of benzene rings is 1. The Morgan fingerprint density at radius 1 is 1.18 bits per heavy atom. The quantitative estimate of drug-likeness (QED) is 0.378. The van der Waals surface area contributed by atoms with Gasteiger partial charge in [0.2, 0.25) is 0 Å². The minimum Gasteiger partial charge on any atom is -0.507 e. The summed E-state index contributed by atoms with van der Waals surface area (Å²) in [7, 11) is 0. The van der Waals surface area contributed by atoms with Gasteiger partial charge >= 0.3 is 6.09 Å². The van der Waals surface area contributed by atoms with Gasteiger partial charge in [0.25, 0.3) is 11.7 Å². The molecule has 4 rings (SSSR count). The topological polar surface area (TPSA) is 100 Å². The highest BCUT2D eigenvalue weighted by atomic mass is 79.9. The monoisotopic (exact) mass is 513 g/mol. The number of carbonyl (C=O) groups excluding carboxylic acids is 3. The molecule has 1 aromatic carbocycles. The van der Waals surface area contributed by atoms with Crippen molar-refractivity contribution >= 4 is 39.5 Å². The first-order valence-corrected chi connectivity index (χ1v) is 11.6. The van der Waals surface area contributed by atoms with Crippen LogP contribution in [0.4, 0.5) is 4.79 Å². The average Bonchev–Trinajstić information content (AvgIpc) is 3.10. The standard InChI is InChI=1S/C24H24BrN3O5/c1-2-33-24(32)27-12-9-18(10-13-27)28-20(16-4-3-11-26-14-16)19(22(30)23(28)31)21(29)15-5-7-17(25)8-6-15/h3-8,11,14,18,20,29H,2,9-10,12-13H2,1H3/b21-19+. The molecule has 9 heteroatoms. The Labute approximate surface area is 200 Å². The van der Waals surface area contributed by atoms with E-state index < -0.39 is 17.7 Å². The number of carbonyl (C=O) groups is 3. The van der Waals surface area contributed by atoms with Crippen LogP contribution in [0.15, 0.2) is 58.8 Å². The average molecular weight is 514 g/mol. The van der Waals surface area contributed by atoms with Gasteiger partial charge in [-0.2, -0.15) is 0 Å². The maximum atomic E-state index is 13.2. The summed E-state index contributed by atoms with van der Waals surface area (Å²) in [6, 6.07) is 9.38. The van der Waals surface area contributed by atoms with E-state index in [9.17, 15) is 19.5 Å². The molecule has 2 fully saturated rings. The minimum absolute atomic E-state index is 0.0446. The summed E-state index contributed by atoms with van der Waals surface area (Å²) in [5.74, 6) is -1.60. The summed E-state index contributed by atoms with van der Waals surface area (Å²) in [6.07, 6.45) is 3.84. The molecule has 0 saturated carbocycles. The molecule has 2 amide bonds. The SMILES string of the molecule is CCOC(=O)N1CCC(N2C(=O)C(=O)/C(=C(/O)c3ccc(Br)cc3)C2c2cccnc2)CC1. The van der Waals surface area contributed by atoms with Crippen LogP contribution < -0.4 is 0 Å². The fourth-order valence-corrected chi connectivity index (χ4v) is 4.66. The van der Waals surface area contributed by atoms with E-state index in [-0.39, 0.29) is 23.5 Å². The van der Waals surface area contributed by atoms with Gasteiger partial charge in [0, 0.05) is 41.6 Å². The van der Waals surface area contributed by atoms with Crippen molar-refractivity contribution in [3.63, 3.8) is 0 Å². The number of likely N-dealkylation sites (tertiary alicyclic amines) is 2. The van der Waals surface area contributed by atoms with E-state index in [0.29, 0.717) is 43.7 Å². The number of aliphatic hydroxyl groups is 1. The molecule has 0 radical (unpaired) electrons. The maximum absolute atomic E-state index is 13.2. The molecule has 0 spiro atoms. The number of Topliss-reactive ketones (excluding diaryl/α,β-unsaturated/α-hetero) is 1. The molecule has 2 saturated heterocycles. The number of aromatic nitrogens is 1. The van der Waals surface area contributed by atoms with Gasteiger partial charge in [-0.1, -0.05) is 34.1 Å². The number of hydrogen-bond acceptors (Lipinski definition) is 6. The van der Waals surface area contributed by atoms with Crippen LogP contribution in [0.2, 0.25) is 0 Å². The highest BCUT2D eigenvalue weighted by Crippen LogP contribution is 2.42. The zero-order chi connectivity index (χ0) is 23.5. The minimum atomic E-state index is -0.763. The van der Waals surface area contributed by atoms with E-state index in [0.717, 1.165) is 4.47 Å². The van der Waals surface area contributed by atoms with E-state index in [1.807, 2.05) is 0 Å². The van der Waals surface area contributed by atoms with E-state index in [1.165, 1.54) is 0 Å². The van der Waals surface area contributed by atoms with Crippen molar-refractivity contribution in [1.29, 1.82) is 0 Å². The molecule has 1 atom stereocenters. The second kappa shape index (κ2) is 9.74. The Morgan fingerprint density at radius 2 is 1.88 bits per heavy atom. The fourth-order valence-electron chi connectivity index (χ4n) is 4.40. The molecule has 0 bridgehead atoms. The third-order valence-corrected chi connectivity index (χ3v) is 6.51. The molecule has 1 unspecified atom stereocenters. The zero-order valence-corrected chi connectivity index (χ0v) is 19.7. The lowest BCUT2D eigenvalue weighted by Crippen LogP contribution is -2.48. The van der Waals surface area contributed by atoms with Crippen molar-refractivity contribution < 1.29 is 24.2 Å². The van der Waals surface area contributed by atoms with Crippen LogP contribution in [0.1, 0.15) is 36.9 Å². The van der Waals surface area contributed by atoms with E-state index in [2.05, 4.69) is 20.9 Å². The van der Waals surface area contributed by atoms with Crippen LogP contribution in [0.25, 0.3) is 5.76 Å². The van der Waals surface area contributed by atoms with Crippen molar-refractivity contribution in [3.05, 3.63) is 70.0 Å². The number of rotatable bonds is 4. The third-order valence-electron chi connectivity index (χ3n) is 5.98. The van der Waals surface area contributed by atoms with Gasteiger partial charge in [-0.25, -0.2) is 4.79 Å². The first kappa shape index (κ1) is 23.0. The summed E-state index contributed by atoms with van der Waals surface area (Å²) < 4.78 is 5.91. The van der Waals surface area contributed by atoms with Crippen molar-refractivity contribution in [1.82, 2.24) is 14.8 Å². The number of ketones is 1. The molecule has 33 heavy (non-hydrogen) atoms. The Kier molecular flexibility index (Phi) is 6.78. The van der Waals surface area contributed by atoms with Gasteiger partial charge in [-0.05, 0) is 43.5 Å². The van der Waals surface area contributed by atoms with E-state index >= 15 is 0 Å². The number of amides is 2. The summed E-state index contributed by atoms with van der Waals surface area (Å²) in [5, 5.41) is 11.1. The first-order chi connectivity index (χ1) is 15.9. The molecular formula is C24H24BrN3O5. The first-order valence-electron chi connectivity index (χ1n) is 10.8. The largest absolute Gasteiger partial charge is 0.507 e. The van der Waals surface area contributed by atoms with Gasteiger partial charge < -0.3 is 19.6 Å². The van der Waals surface area contributed by atoms with Crippen LogP contribution in [0.5, 0.6) is 0 Å². The van der Waals surface area contributed by atoms with Crippen LogP contribution in [0, 0.1) is 0 Å². The molecular weight excluding hydrogens is 490 g/mol. The van der Waals surface area contributed by atoms with Gasteiger partial charge in [0.05, 0.1) is 18.2 Å². The highest BCUT2D eigenvalue weighted by Gasteiger charge is 2.49. The molecule has 2 aromatic rings. The van der Waals surface area contributed by atoms with E-state index in [1.54, 1.807) is 65.5 Å². The number of nitrogens with zero attached hydrogens (tertiary/aromatic N) is 3. The van der Waals surface area contributed by atoms with Crippen LogP contribution in [0.3, 0.4) is 0 Å². The smallest absolute Gasteiger partial charge is 0.409 e. The lowest BCUT2D eigenvalue weighted by molar-refractivity contribution is -0.142. The lowest BCUT2D eigenvalue weighted by atomic mass is 9.94. The van der Waals surface area contributed by atoms with Gasteiger partial charge in [0.15, 0.2) is 0 Å². The molecule has 3 heterocycles. The number of aliphatic hydroxyl groups excluding tert-OH is 1. The highest BCUT2D eigenvalue weighted by molar-refractivity contribution is 9.10. The van der Waals surface area contributed by atoms with Gasteiger partial charge in [0.1, 0.15) is 5.76 Å². The Bertz CT molecular complexity index is 1080. The van der Waals surface area contributed by atoms with Crippen LogP contribution in [-0.2, 0) is 14.3 Å². The predicted molar refractivity (Wildman–Crippen MR) is 124 cm³/mol. The number of halogens is 1. The fraction of sp³-hybridized carbons (Fsp3) is 0.333. The third kappa shape index (κ3) is 4.50. The molecule has 0 aliphatic carbocycles. The number of ether oxygens (including phenoxy) is 1. The van der Waals surface area contributed by atoms with Gasteiger partial charge in [-0.15, -0.1) is 0 Å². The lowest BCUT2D eigenvalue weighted by Gasteiger charge is -2.38. The molecule has 8 nitrogen and oxygen atoms in total.